The molecule has 0 saturated heterocycles. The SMILES string of the molecule is CN(CC(=O)NC1CC1)S(=O)(=O)c1ccc(CN)cc1Cl. The zero-order valence-electron chi connectivity index (χ0n) is 11.7. The number of nitrogens with one attached hydrogen (secondary N) is 1. The molecule has 3 N–H and O–H groups in total. The van der Waals surface area contributed by atoms with Gasteiger partial charge in [-0.2, -0.15) is 4.31 Å². The molecule has 0 aliphatic heterocycles. The smallest absolute Gasteiger partial charge is 0.244 e. The lowest BCUT2D eigenvalue weighted by molar-refractivity contribution is -0.121. The Morgan fingerprint density at radius 1 is 1.48 bits per heavy atom. The second-order valence-corrected chi connectivity index (χ2v) is 7.49. The molecular weight excluding hydrogens is 314 g/mol. The van der Waals surface area contributed by atoms with Crippen LogP contribution >= 0.6 is 11.6 Å². The van der Waals surface area contributed by atoms with E-state index in [9.17, 15) is 13.2 Å². The normalized spacial score (nSPS) is 15.2. The van der Waals surface area contributed by atoms with Gasteiger partial charge in [0.25, 0.3) is 0 Å². The highest BCUT2D eigenvalue weighted by molar-refractivity contribution is 7.89. The number of nitrogens with zero attached hydrogens (tertiary/aromatic N) is 1. The summed E-state index contributed by atoms with van der Waals surface area (Å²) in [7, 11) is -2.45. The third-order valence-corrected chi connectivity index (χ3v) is 5.52. The molecule has 1 aromatic carbocycles. The minimum Gasteiger partial charge on any atom is -0.352 e. The van der Waals surface area contributed by atoms with Crippen molar-refractivity contribution in [3.05, 3.63) is 28.8 Å². The van der Waals surface area contributed by atoms with E-state index in [0.717, 1.165) is 22.7 Å². The predicted octanol–water partition coefficient (Wildman–Crippen LogP) is 0.698. The second kappa shape index (κ2) is 6.31. The fraction of sp³-hybridized carbons (Fsp3) is 0.462. The number of carbonyl (C=O) groups is 1. The van der Waals surface area contributed by atoms with Gasteiger partial charge in [-0.1, -0.05) is 17.7 Å². The Bertz CT molecular complexity index is 644. The van der Waals surface area contributed by atoms with Gasteiger partial charge in [0.2, 0.25) is 15.9 Å². The Labute approximate surface area is 129 Å². The summed E-state index contributed by atoms with van der Waals surface area (Å²) in [4.78, 5) is 11.7. The Balaban J connectivity index is 2.14. The summed E-state index contributed by atoms with van der Waals surface area (Å²) >= 11 is 6.01. The summed E-state index contributed by atoms with van der Waals surface area (Å²) < 4.78 is 25.8. The van der Waals surface area contributed by atoms with Crippen molar-refractivity contribution in [2.75, 3.05) is 13.6 Å². The fourth-order valence-corrected chi connectivity index (χ4v) is 3.50. The van der Waals surface area contributed by atoms with Crippen LogP contribution in [0.4, 0.5) is 0 Å². The number of benzene rings is 1. The first-order chi connectivity index (χ1) is 9.84. The van der Waals surface area contributed by atoms with E-state index in [-0.39, 0.29) is 35.0 Å². The molecule has 2 rings (SSSR count). The van der Waals surface area contributed by atoms with Gasteiger partial charge < -0.3 is 11.1 Å². The van der Waals surface area contributed by atoms with Gasteiger partial charge in [0.1, 0.15) is 4.90 Å². The fourth-order valence-electron chi connectivity index (χ4n) is 1.84. The third kappa shape index (κ3) is 3.94. The Kier molecular flexibility index (Phi) is 4.88. The van der Waals surface area contributed by atoms with Crippen molar-refractivity contribution in [2.45, 2.75) is 30.3 Å². The monoisotopic (exact) mass is 331 g/mol. The molecule has 0 bridgehead atoms. The van der Waals surface area contributed by atoms with Gasteiger partial charge in [0.05, 0.1) is 11.6 Å². The minimum atomic E-state index is -3.81. The minimum absolute atomic E-state index is 0.0249. The number of rotatable bonds is 6. The maximum absolute atomic E-state index is 12.4. The summed E-state index contributed by atoms with van der Waals surface area (Å²) in [5, 5.41) is 2.85. The molecule has 1 aliphatic rings. The van der Waals surface area contributed by atoms with Gasteiger partial charge in [-0.3, -0.25) is 4.79 Å². The molecule has 1 aromatic rings. The number of sulfonamides is 1. The van der Waals surface area contributed by atoms with Crippen LogP contribution < -0.4 is 11.1 Å². The quantitative estimate of drug-likeness (QED) is 0.802. The first-order valence-corrected chi connectivity index (χ1v) is 8.40. The van der Waals surface area contributed by atoms with E-state index in [4.69, 9.17) is 17.3 Å². The van der Waals surface area contributed by atoms with Crippen LogP contribution in [0.5, 0.6) is 0 Å². The van der Waals surface area contributed by atoms with Crippen molar-refractivity contribution in [1.82, 2.24) is 9.62 Å². The maximum Gasteiger partial charge on any atom is 0.244 e. The van der Waals surface area contributed by atoms with Crippen LogP contribution in [0.2, 0.25) is 5.02 Å². The Hall–Kier alpha value is -1.15. The number of halogens is 1. The molecule has 0 spiro atoms. The lowest BCUT2D eigenvalue weighted by Gasteiger charge is -2.18. The topological polar surface area (TPSA) is 92.5 Å². The average Bonchev–Trinajstić information content (AvgIpc) is 3.21. The summed E-state index contributed by atoms with van der Waals surface area (Å²) in [6, 6.07) is 4.74. The van der Waals surface area contributed by atoms with E-state index in [0.29, 0.717) is 0 Å². The number of likely N-dealkylation sites (N-methyl/N-ethyl adjacent to an activating group) is 1. The highest BCUT2D eigenvalue weighted by Gasteiger charge is 2.28. The van der Waals surface area contributed by atoms with E-state index in [1.54, 1.807) is 6.07 Å². The van der Waals surface area contributed by atoms with Gasteiger partial charge >= 0.3 is 0 Å². The van der Waals surface area contributed by atoms with Crippen LogP contribution in [0.15, 0.2) is 23.1 Å². The molecule has 116 valence electrons. The van der Waals surface area contributed by atoms with Crippen LogP contribution in [0.3, 0.4) is 0 Å². The largest absolute Gasteiger partial charge is 0.352 e. The van der Waals surface area contributed by atoms with Crippen LogP contribution in [0.1, 0.15) is 18.4 Å². The third-order valence-electron chi connectivity index (χ3n) is 3.23. The van der Waals surface area contributed by atoms with Gasteiger partial charge in [-0.25, -0.2) is 8.42 Å². The Morgan fingerprint density at radius 3 is 2.67 bits per heavy atom. The summed E-state index contributed by atoms with van der Waals surface area (Å²) in [6.45, 7) is 0.0491. The first-order valence-electron chi connectivity index (χ1n) is 6.59. The molecule has 6 nitrogen and oxygen atoms in total. The van der Waals surface area contributed by atoms with Crippen LogP contribution in [0.25, 0.3) is 0 Å². The highest BCUT2D eigenvalue weighted by Crippen LogP contribution is 2.25. The number of amides is 1. The zero-order valence-corrected chi connectivity index (χ0v) is 13.2. The first kappa shape index (κ1) is 16.2. The van der Waals surface area contributed by atoms with Gasteiger partial charge in [0.15, 0.2) is 0 Å². The molecule has 0 heterocycles. The summed E-state index contributed by atoms with van der Waals surface area (Å²) in [5.41, 5.74) is 6.23. The summed E-state index contributed by atoms with van der Waals surface area (Å²) in [5.74, 6) is -0.307. The van der Waals surface area contributed by atoms with Crippen molar-refractivity contribution in [1.29, 1.82) is 0 Å². The summed E-state index contributed by atoms with van der Waals surface area (Å²) in [6.07, 6.45) is 1.91. The van der Waals surface area contributed by atoms with Crippen LogP contribution in [-0.4, -0.2) is 38.3 Å². The molecule has 1 saturated carbocycles. The molecule has 1 amide bonds. The molecule has 0 aromatic heterocycles. The van der Waals surface area contributed by atoms with Crippen molar-refractivity contribution in [2.24, 2.45) is 5.73 Å². The molecule has 0 unspecified atom stereocenters. The van der Waals surface area contributed by atoms with Gasteiger partial charge in [-0.15, -0.1) is 0 Å². The predicted molar refractivity (Wildman–Crippen MR) is 80.3 cm³/mol. The molecule has 0 atom stereocenters. The van der Waals surface area contributed by atoms with E-state index in [1.165, 1.54) is 19.2 Å². The standard InChI is InChI=1S/C13H18ClN3O3S/c1-17(8-13(18)16-10-3-4-10)21(19,20)12-5-2-9(7-15)6-11(12)14/h2,5-6,10H,3-4,7-8,15H2,1H3,(H,16,18). The van der Waals surface area contributed by atoms with Crippen molar-refractivity contribution < 1.29 is 13.2 Å². The second-order valence-electron chi connectivity index (χ2n) is 5.07. The maximum atomic E-state index is 12.4. The van der Waals surface area contributed by atoms with E-state index < -0.39 is 10.0 Å². The van der Waals surface area contributed by atoms with Crippen LogP contribution in [0, 0.1) is 0 Å². The van der Waals surface area contributed by atoms with Crippen molar-refractivity contribution in [3.8, 4) is 0 Å². The Morgan fingerprint density at radius 2 is 2.14 bits per heavy atom. The lowest BCUT2D eigenvalue weighted by atomic mass is 10.2. The number of carbonyl (C=O) groups excluding carboxylic acids is 1. The molecule has 21 heavy (non-hydrogen) atoms. The van der Waals surface area contributed by atoms with E-state index in [1.807, 2.05) is 0 Å². The number of hydrogen-bond donors (Lipinski definition) is 2. The highest BCUT2D eigenvalue weighted by atomic mass is 35.5. The average molecular weight is 332 g/mol. The molecular formula is C13H18ClN3O3S. The van der Waals surface area contributed by atoms with E-state index in [2.05, 4.69) is 5.32 Å². The molecule has 0 radical (unpaired) electrons. The number of hydrogen-bond acceptors (Lipinski definition) is 4. The number of nitrogens with two attached hydrogens (primary N) is 1. The molecule has 1 aliphatic carbocycles. The zero-order chi connectivity index (χ0) is 15.6. The van der Waals surface area contributed by atoms with E-state index >= 15 is 0 Å². The van der Waals surface area contributed by atoms with Gasteiger partial charge in [-0.05, 0) is 30.5 Å². The van der Waals surface area contributed by atoms with Gasteiger partial charge in [0, 0.05) is 19.6 Å². The van der Waals surface area contributed by atoms with Crippen molar-refractivity contribution in [3.63, 3.8) is 0 Å². The van der Waals surface area contributed by atoms with Crippen LogP contribution in [-0.2, 0) is 21.4 Å². The molecule has 1 fully saturated rings. The van der Waals surface area contributed by atoms with Crippen molar-refractivity contribution >= 4 is 27.5 Å². The molecule has 8 heteroatoms. The lowest BCUT2D eigenvalue weighted by Crippen LogP contribution is -2.39.